The van der Waals surface area contributed by atoms with Gasteiger partial charge in [0.05, 0.1) is 42.7 Å². The highest BCUT2D eigenvalue weighted by Gasteiger charge is 2.36. The Kier molecular flexibility index (Phi) is 3.76. The number of furan rings is 1. The number of aromatic nitrogens is 2. The first-order valence-corrected chi connectivity index (χ1v) is 6.98. The van der Waals surface area contributed by atoms with E-state index in [1.54, 1.807) is 13.0 Å². The number of nitrogens with two attached hydrogens (primary N) is 1. The van der Waals surface area contributed by atoms with E-state index in [9.17, 15) is 10.1 Å². The van der Waals surface area contributed by atoms with Gasteiger partial charge in [0.15, 0.2) is 0 Å². The number of ether oxygens (including phenoxy) is 2. The molecule has 0 fully saturated rings. The van der Waals surface area contributed by atoms with E-state index in [1.807, 2.05) is 0 Å². The van der Waals surface area contributed by atoms with E-state index in [-0.39, 0.29) is 30.4 Å². The van der Waals surface area contributed by atoms with Gasteiger partial charge in [0.2, 0.25) is 11.8 Å². The summed E-state index contributed by atoms with van der Waals surface area (Å²) in [7, 11) is 0. The molecule has 0 unspecified atom stereocenters. The summed E-state index contributed by atoms with van der Waals surface area (Å²) >= 11 is 0. The minimum atomic E-state index is -0.509. The molecule has 3 rings (SSSR count). The van der Waals surface area contributed by atoms with Crippen LogP contribution in [-0.2, 0) is 16.0 Å². The largest absolute Gasteiger partial charge is 0.472 e. The molecule has 8 heteroatoms. The number of hydrogen-bond donors (Lipinski definition) is 2. The Morgan fingerprint density at radius 2 is 2.43 bits per heavy atom. The number of fused-ring (bicyclic) bond motifs is 1. The van der Waals surface area contributed by atoms with Gasteiger partial charge >= 0.3 is 5.97 Å². The maximum Gasteiger partial charge on any atom is 0.311 e. The van der Waals surface area contributed by atoms with Crippen molar-refractivity contribution in [3.8, 4) is 11.9 Å². The van der Waals surface area contributed by atoms with Crippen LogP contribution in [0.1, 0.15) is 29.7 Å². The van der Waals surface area contributed by atoms with Gasteiger partial charge in [-0.3, -0.25) is 9.89 Å². The third kappa shape index (κ3) is 2.53. The van der Waals surface area contributed by atoms with Crippen molar-refractivity contribution < 1.29 is 18.7 Å². The van der Waals surface area contributed by atoms with E-state index in [0.717, 1.165) is 5.56 Å². The Morgan fingerprint density at radius 3 is 3.09 bits per heavy atom. The number of nitrogens with one attached hydrogen (secondary N) is 1. The summed E-state index contributed by atoms with van der Waals surface area (Å²) in [6.07, 6.45) is 3.01. The molecule has 8 nitrogen and oxygen atoms in total. The third-order valence-corrected chi connectivity index (χ3v) is 3.52. The Morgan fingerprint density at radius 1 is 1.61 bits per heavy atom. The van der Waals surface area contributed by atoms with Crippen molar-refractivity contribution in [2.24, 2.45) is 5.73 Å². The van der Waals surface area contributed by atoms with Gasteiger partial charge in [-0.2, -0.15) is 5.26 Å². The minimum absolute atomic E-state index is 0.00744. The summed E-state index contributed by atoms with van der Waals surface area (Å²) < 4.78 is 15.5. The molecule has 0 amide bonds. The van der Waals surface area contributed by atoms with Crippen LogP contribution in [0.4, 0.5) is 0 Å². The van der Waals surface area contributed by atoms with Crippen molar-refractivity contribution in [2.75, 3.05) is 6.61 Å². The predicted molar refractivity (Wildman–Crippen MR) is 76.9 cm³/mol. The number of nitriles is 1. The summed E-state index contributed by atoms with van der Waals surface area (Å²) in [4.78, 5) is 11.8. The van der Waals surface area contributed by atoms with Gasteiger partial charge in [0.25, 0.3) is 0 Å². The topological polar surface area (TPSA) is 127 Å². The molecule has 1 aliphatic rings. The predicted octanol–water partition coefficient (Wildman–Crippen LogP) is 1.33. The normalized spacial score (nSPS) is 16.4. The average molecular weight is 314 g/mol. The van der Waals surface area contributed by atoms with Crippen LogP contribution in [0, 0.1) is 11.3 Å². The fourth-order valence-corrected chi connectivity index (χ4v) is 2.57. The molecule has 0 saturated carbocycles. The van der Waals surface area contributed by atoms with Crippen LogP contribution in [0.5, 0.6) is 5.88 Å². The van der Waals surface area contributed by atoms with Crippen LogP contribution >= 0.6 is 0 Å². The van der Waals surface area contributed by atoms with Gasteiger partial charge in [0, 0.05) is 5.56 Å². The van der Waals surface area contributed by atoms with Gasteiger partial charge in [0.1, 0.15) is 11.6 Å². The number of aromatic amines is 1. The zero-order valence-corrected chi connectivity index (χ0v) is 12.3. The second-order valence-corrected chi connectivity index (χ2v) is 4.88. The molecule has 3 N–H and O–H groups in total. The van der Waals surface area contributed by atoms with Crippen molar-refractivity contribution in [3.63, 3.8) is 0 Å². The molecule has 0 aliphatic carbocycles. The summed E-state index contributed by atoms with van der Waals surface area (Å²) in [5.41, 5.74) is 7.89. The fourth-order valence-electron chi connectivity index (χ4n) is 2.57. The number of allylic oxidation sites excluding steroid dienone is 1. The highest BCUT2D eigenvalue weighted by Crippen LogP contribution is 2.42. The molecule has 2 aromatic heterocycles. The second kappa shape index (κ2) is 5.88. The van der Waals surface area contributed by atoms with Crippen molar-refractivity contribution in [3.05, 3.63) is 46.9 Å². The van der Waals surface area contributed by atoms with Crippen LogP contribution in [0.2, 0.25) is 0 Å². The van der Waals surface area contributed by atoms with E-state index >= 15 is 0 Å². The monoisotopic (exact) mass is 314 g/mol. The smallest absolute Gasteiger partial charge is 0.311 e. The zero-order valence-electron chi connectivity index (χ0n) is 12.3. The van der Waals surface area contributed by atoms with Gasteiger partial charge in [-0.15, -0.1) is 5.10 Å². The molecule has 0 radical (unpaired) electrons. The standard InChI is InChI=1S/C15H14N4O4/c1-2-22-11(20)5-10-13-12(8-3-4-21-7-8)9(6-16)14(17)23-15(13)19-18-10/h3-4,7,12H,2,5,17H2,1H3,(H,18,19)/t12-/m1/s1. The van der Waals surface area contributed by atoms with Crippen molar-refractivity contribution >= 4 is 5.97 Å². The SMILES string of the molecule is CCOC(=O)Cc1[nH]nc2c1[C@H](c1ccoc1)C(C#N)=C(N)O2. The van der Waals surface area contributed by atoms with Gasteiger partial charge in [-0.05, 0) is 13.0 Å². The van der Waals surface area contributed by atoms with E-state index in [1.165, 1.54) is 12.5 Å². The second-order valence-electron chi connectivity index (χ2n) is 4.88. The van der Waals surface area contributed by atoms with Crippen LogP contribution in [0.15, 0.2) is 34.5 Å². The zero-order chi connectivity index (χ0) is 16.4. The molecule has 0 aromatic carbocycles. The molecule has 1 atom stereocenters. The number of rotatable bonds is 4. The van der Waals surface area contributed by atoms with Crippen molar-refractivity contribution in [1.29, 1.82) is 5.26 Å². The molecular weight excluding hydrogens is 300 g/mol. The summed E-state index contributed by atoms with van der Waals surface area (Å²) in [5, 5.41) is 16.2. The summed E-state index contributed by atoms with van der Waals surface area (Å²) in [5.74, 6) is -0.677. The van der Waals surface area contributed by atoms with Crippen molar-refractivity contribution in [2.45, 2.75) is 19.3 Å². The lowest BCUT2D eigenvalue weighted by molar-refractivity contribution is -0.142. The lowest BCUT2D eigenvalue weighted by Crippen LogP contribution is -2.21. The highest BCUT2D eigenvalue weighted by atomic mass is 16.5. The maximum atomic E-state index is 11.8. The van der Waals surface area contributed by atoms with Crippen LogP contribution in [0.3, 0.4) is 0 Å². The molecule has 23 heavy (non-hydrogen) atoms. The van der Waals surface area contributed by atoms with Gasteiger partial charge < -0.3 is 19.6 Å². The van der Waals surface area contributed by atoms with Gasteiger partial charge in [-0.25, -0.2) is 0 Å². The Hall–Kier alpha value is -3.21. The first-order chi connectivity index (χ1) is 11.2. The van der Waals surface area contributed by atoms with Crippen LogP contribution in [0.25, 0.3) is 0 Å². The molecule has 2 aromatic rings. The molecule has 1 aliphatic heterocycles. The molecule has 3 heterocycles. The number of nitrogens with zero attached hydrogens (tertiary/aromatic N) is 2. The van der Waals surface area contributed by atoms with Crippen molar-refractivity contribution in [1.82, 2.24) is 10.2 Å². The number of esters is 1. The number of hydrogen-bond acceptors (Lipinski definition) is 7. The van der Waals surface area contributed by atoms with E-state index in [0.29, 0.717) is 11.3 Å². The minimum Gasteiger partial charge on any atom is -0.472 e. The van der Waals surface area contributed by atoms with Crippen LogP contribution < -0.4 is 10.5 Å². The van der Waals surface area contributed by atoms with E-state index in [4.69, 9.17) is 19.6 Å². The molecule has 0 spiro atoms. The summed E-state index contributed by atoms with van der Waals surface area (Å²) in [6.45, 7) is 2.02. The maximum absolute atomic E-state index is 11.8. The number of H-pyrrole nitrogens is 1. The molecule has 0 bridgehead atoms. The number of carbonyl (C=O) groups excluding carboxylic acids is 1. The fraction of sp³-hybridized carbons (Fsp3) is 0.267. The first kappa shape index (κ1) is 14.7. The molecule has 0 saturated heterocycles. The highest BCUT2D eigenvalue weighted by molar-refractivity contribution is 5.73. The molecule has 118 valence electrons. The Bertz CT molecular complexity index is 798. The lowest BCUT2D eigenvalue weighted by Gasteiger charge is -2.22. The summed E-state index contributed by atoms with van der Waals surface area (Å²) in [6, 6.07) is 3.79. The Balaban J connectivity index is 2.07. The third-order valence-electron chi connectivity index (χ3n) is 3.52. The van der Waals surface area contributed by atoms with E-state index in [2.05, 4.69) is 16.3 Å². The van der Waals surface area contributed by atoms with Gasteiger partial charge in [-0.1, -0.05) is 0 Å². The first-order valence-electron chi connectivity index (χ1n) is 6.98. The van der Waals surface area contributed by atoms with E-state index < -0.39 is 11.9 Å². The van der Waals surface area contributed by atoms with Crippen LogP contribution in [-0.4, -0.2) is 22.8 Å². The Labute approximate surface area is 131 Å². The number of carbonyl (C=O) groups is 1. The average Bonchev–Trinajstić information content (AvgIpc) is 3.16. The molecular formula is C15H14N4O4. The quantitative estimate of drug-likeness (QED) is 0.815. The lowest BCUT2D eigenvalue weighted by atomic mass is 9.85.